The van der Waals surface area contributed by atoms with Gasteiger partial charge in [0.05, 0.1) is 25.1 Å². The molecule has 3 rings (SSSR count). The van der Waals surface area contributed by atoms with Crippen molar-refractivity contribution in [2.45, 2.75) is 31.5 Å². The lowest BCUT2D eigenvalue weighted by atomic mass is 10.3. The number of furan rings is 1. The number of nitrogens with zero attached hydrogens (tertiary/aromatic N) is 2. The Balaban J connectivity index is 1.69. The number of hydrogen-bond donors (Lipinski definition) is 2. The van der Waals surface area contributed by atoms with Gasteiger partial charge in [0.2, 0.25) is 5.91 Å². The highest BCUT2D eigenvalue weighted by Gasteiger charge is 2.27. The Bertz CT molecular complexity index is 815. The average Bonchev–Trinajstić information content (AvgIpc) is 3.33. The number of anilines is 1. The quantitative estimate of drug-likeness (QED) is 0.570. The predicted molar refractivity (Wildman–Crippen MR) is 93.0 cm³/mol. The van der Waals surface area contributed by atoms with Crippen molar-refractivity contribution in [3.63, 3.8) is 0 Å². The van der Waals surface area contributed by atoms with Crippen LogP contribution in [0.3, 0.4) is 0 Å². The molecule has 2 N–H and O–H groups in total. The van der Waals surface area contributed by atoms with Crippen LogP contribution in [0.1, 0.15) is 23.9 Å². The highest BCUT2D eigenvalue weighted by atomic mass is 32.2. The summed E-state index contributed by atoms with van der Waals surface area (Å²) < 4.78 is 11.3. The van der Waals surface area contributed by atoms with E-state index in [1.807, 2.05) is 0 Å². The highest BCUT2D eigenvalue weighted by Crippen LogP contribution is 2.34. The van der Waals surface area contributed by atoms with Gasteiger partial charge < -0.3 is 19.8 Å². The molecule has 2 aromatic heterocycles. The van der Waals surface area contributed by atoms with E-state index >= 15 is 0 Å². The van der Waals surface area contributed by atoms with E-state index in [9.17, 15) is 14.4 Å². The van der Waals surface area contributed by atoms with E-state index in [1.165, 1.54) is 10.9 Å². The Labute approximate surface area is 153 Å². The second kappa shape index (κ2) is 8.09. The van der Waals surface area contributed by atoms with Crippen molar-refractivity contribution >= 4 is 35.4 Å². The molecule has 0 aromatic carbocycles. The molecular formula is C16H18N4O5S. The summed E-state index contributed by atoms with van der Waals surface area (Å²) >= 11 is 1.65. The van der Waals surface area contributed by atoms with Crippen molar-refractivity contribution in [1.29, 1.82) is 0 Å². The molecule has 1 aliphatic heterocycles. The third-order valence-corrected chi connectivity index (χ3v) is 4.62. The van der Waals surface area contributed by atoms with Crippen LogP contribution in [-0.2, 0) is 43.7 Å². The normalized spacial score (nSPS) is 12.5. The van der Waals surface area contributed by atoms with Crippen molar-refractivity contribution in [3.05, 3.63) is 35.4 Å². The van der Waals surface area contributed by atoms with Gasteiger partial charge >= 0.3 is 11.9 Å². The molecule has 2 amide bonds. The molecule has 3 heterocycles. The minimum atomic E-state index is -0.970. The van der Waals surface area contributed by atoms with E-state index < -0.39 is 11.9 Å². The fourth-order valence-electron chi connectivity index (χ4n) is 2.47. The molecule has 9 nitrogen and oxygen atoms in total. The van der Waals surface area contributed by atoms with Crippen LogP contribution in [0.15, 0.2) is 22.8 Å². The van der Waals surface area contributed by atoms with Crippen LogP contribution in [0.4, 0.5) is 5.82 Å². The van der Waals surface area contributed by atoms with Crippen LogP contribution in [0.5, 0.6) is 0 Å². The molecule has 0 aliphatic carbocycles. The second-order valence-corrected chi connectivity index (χ2v) is 6.44. The standard InChI is InChI=1S/C16H18N4O5S/c1-2-24-16(23)15(22)18-14-11-8-26-9-12(11)19-20(14)7-13(21)17-6-10-4-3-5-25-10/h3-5H,2,6-9H2,1H3,(H,17,21)(H,18,22). The number of carbonyl (C=O) groups excluding carboxylic acids is 3. The molecule has 10 heteroatoms. The molecule has 0 spiro atoms. The summed E-state index contributed by atoms with van der Waals surface area (Å²) in [6, 6.07) is 3.49. The van der Waals surface area contributed by atoms with Gasteiger partial charge in [0.25, 0.3) is 0 Å². The van der Waals surface area contributed by atoms with E-state index in [4.69, 9.17) is 9.15 Å². The smallest absolute Gasteiger partial charge is 0.397 e. The first kappa shape index (κ1) is 18.1. The summed E-state index contributed by atoms with van der Waals surface area (Å²) in [5.74, 6) is 0.192. The van der Waals surface area contributed by atoms with Crippen LogP contribution >= 0.6 is 11.8 Å². The number of hydrogen-bond acceptors (Lipinski definition) is 7. The molecule has 0 saturated heterocycles. The number of esters is 1. The predicted octanol–water partition coefficient (Wildman–Crippen LogP) is 1.04. The molecule has 0 fully saturated rings. The fourth-order valence-corrected chi connectivity index (χ4v) is 3.50. The molecule has 0 unspecified atom stereocenters. The molecule has 0 radical (unpaired) electrons. The zero-order valence-corrected chi connectivity index (χ0v) is 14.9. The van der Waals surface area contributed by atoms with Gasteiger partial charge in [0.15, 0.2) is 0 Å². The number of amides is 2. The third-order valence-electron chi connectivity index (χ3n) is 3.64. The molecule has 138 valence electrons. The molecule has 0 saturated carbocycles. The Hall–Kier alpha value is -2.75. The van der Waals surface area contributed by atoms with Crippen LogP contribution in [0, 0.1) is 0 Å². The van der Waals surface area contributed by atoms with Gasteiger partial charge in [-0.1, -0.05) is 0 Å². The maximum absolute atomic E-state index is 12.2. The van der Waals surface area contributed by atoms with Gasteiger partial charge in [-0.05, 0) is 19.1 Å². The van der Waals surface area contributed by atoms with Crippen molar-refractivity contribution in [1.82, 2.24) is 15.1 Å². The minimum Gasteiger partial charge on any atom is -0.467 e. The van der Waals surface area contributed by atoms with Gasteiger partial charge in [0, 0.05) is 17.1 Å². The van der Waals surface area contributed by atoms with E-state index in [1.54, 1.807) is 30.8 Å². The molecule has 1 aliphatic rings. The minimum absolute atomic E-state index is 0.0865. The molecular weight excluding hydrogens is 360 g/mol. The number of thioether (sulfide) groups is 1. The summed E-state index contributed by atoms with van der Waals surface area (Å²) in [6.07, 6.45) is 1.53. The highest BCUT2D eigenvalue weighted by molar-refractivity contribution is 7.98. The number of nitrogens with one attached hydrogen (secondary N) is 2. The monoisotopic (exact) mass is 378 g/mol. The topological polar surface area (TPSA) is 115 Å². The Morgan fingerprint density at radius 3 is 2.96 bits per heavy atom. The van der Waals surface area contributed by atoms with E-state index in [2.05, 4.69) is 15.7 Å². The van der Waals surface area contributed by atoms with E-state index in [-0.39, 0.29) is 25.6 Å². The molecule has 0 atom stereocenters. The van der Waals surface area contributed by atoms with Crippen LogP contribution < -0.4 is 10.6 Å². The summed E-state index contributed by atoms with van der Waals surface area (Å²) in [4.78, 5) is 35.7. The lowest BCUT2D eigenvalue weighted by Crippen LogP contribution is -2.30. The lowest BCUT2D eigenvalue weighted by Gasteiger charge is -2.10. The fraction of sp³-hybridized carbons (Fsp3) is 0.375. The van der Waals surface area contributed by atoms with E-state index in [0.717, 1.165) is 11.3 Å². The van der Waals surface area contributed by atoms with E-state index in [0.29, 0.717) is 23.1 Å². The maximum Gasteiger partial charge on any atom is 0.397 e. The van der Waals surface area contributed by atoms with Gasteiger partial charge in [-0.2, -0.15) is 16.9 Å². The van der Waals surface area contributed by atoms with Gasteiger partial charge in [-0.3, -0.25) is 9.59 Å². The van der Waals surface area contributed by atoms with Gasteiger partial charge in [0.1, 0.15) is 18.1 Å². The summed E-state index contributed by atoms with van der Waals surface area (Å²) in [5.41, 5.74) is 1.62. The number of aromatic nitrogens is 2. The molecule has 26 heavy (non-hydrogen) atoms. The maximum atomic E-state index is 12.2. The largest absolute Gasteiger partial charge is 0.467 e. The number of carbonyl (C=O) groups is 3. The Morgan fingerprint density at radius 2 is 2.23 bits per heavy atom. The van der Waals surface area contributed by atoms with Crippen molar-refractivity contribution in [3.8, 4) is 0 Å². The zero-order valence-electron chi connectivity index (χ0n) is 14.1. The first-order chi connectivity index (χ1) is 12.6. The average molecular weight is 378 g/mol. The van der Waals surface area contributed by atoms with Crippen molar-refractivity contribution in [2.24, 2.45) is 0 Å². The third kappa shape index (κ3) is 4.07. The summed E-state index contributed by atoms with van der Waals surface area (Å²) in [7, 11) is 0. The lowest BCUT2D eigenvalue weighted by molar-refractivity contribution is -0.152. The number of rotatable bonds is 6. The number of fused-ring (bicyclic) bond motifs is 1. The first-order valence-corrected chi connectivity index (χ1v) is 9.17. The molecule has 0 bridgehead atoms. The van der Waals surface area contributed by atoms with Gasteiger partial charge in [-0.15, -0.1) is 0 Å². The van der Waals surface area contributed by atoms with Crippen molar-refractivity contribution < 1.29 is 23.5 Å². The summed E-state index contributed by atoms with van der Waals surface area (Å²) in [6.45, 7) is 1.89. The first-order valence-electron chi connectivity index (χ1n) is 8.02. The number of ether oxygens (including phenoxy) is 1. The van der Waals surface area contributed by atoms with Crippen LogP contribution in [0.2, 0.25) is 0 Å². The zero-order chi connectivity index (χ0) is 18.5. The van der Waals surface area contributed by atoms with Crippen LogP contribution in [0.25, 0.3) is 0 Å². The van der Waals surface area contributed by atoms with Crippen molar-refractivity contribution in [2.75, 3.05) is 11.9 Å². The Kier molecular flexibility index (Phi) is 5.61. The molecule has 2 aromatic rings. The second-order valence-electron chi connectivity index (χ2n) is 5.45. The summed E-state index contributed by atoms with van der Waals surface area (Å²) in [5, 5.41) is 9.62. The Morgan fingerprint density at radius 1 is 1.38 bits per heavy atom. The van der Waals surface area contributed by atoms with Gasteiger partial charge in [-0.25, -0.2) is 9.48 Å². The SMILES string of the molecule is CCOC(=O)C(=O)Nc1c2c(nn1CC(=O)NCc1ccco1)CSC2. The van der Waals surface area contributed by atoms with Crippen LogP contribution in [-0.4, -0.2) is 34.2 Å².